The Balaban J connectivity index is 2.63. The molecule has 3 nitrogen and oxygen atoms in total. The van der Waals surface area contributed by atoms with Crippen LogP contribution >= 0.6 is 0 Å². The van der Waals surface area contributed by atoms with Gasteiger partial charge < -0.3 is 4.74 Å². The first-order valence-corrected chi connectivity index (χ1v) is 5.18. The molecule has 3 heteroatoms. The Hall–Kier alpha value is -0.860. The highest BCUT2D eigenvalue weighted by molar-refractivity contribution is 5.79. The van der Waals surface area contributed by atoms with E-state index in [1.54, 1.807) is 6.92 Å². The maximum Gasteiger partial charge on any atom is 0.302 e. The largest absolute Gasteiger partial charge is 0.462 e. The van der Waals surface area contributed by atoms with Gasteiger partial charge in [0.2, 0.25) is 0 Å². The molecule has 0 saturated heterocycles. The number of rotatable bonds is 2. The van der Waals surface area contributed by atoms with Crippen LogP contribution in [-0.2, 0) is 14.3 Å². The van der Waals surface area contributed by atoms with Crippen LogP contribution in [-0.4, -0.2) is 17.9 Å². The Morgan fingerprint density at radius 2 is 1.86 bits per heavy atom. The Kier molecular flexibility index (Phi) is 3.67. The van der Waals surface area contributed by atoms with E-state index in [1.165, 1.54) is 6.92 Å². The molecule has 0 N–H and O–H groups in total. The Morgan fingerprint density at radius 3 is 2.36 bits per heavy atom. The van der Waals surface area contributed by atoms with Crippen LogP contribution in [0.1, 0.15) is 40.0 Å². The molecule has 14 heavy (non-hydrogen) atoms. The highest BCUT2D eigenvalue weighted by atomic mass is 16.5. The monoisotopic (exact) mass is 198 g/mol. The summed E-state index contributed by atoms with van der Waals surface area (Å²) in [5.74, 6) is 0.337. The molecule has 1 saturated carbocycles. The second-order valence-electron chi connectivity index (χ2n) is 4.28. The van der Waals surface area contributed by atoms with E-state index >= 15 is 0 Å². The first-order chi connectivity index (χ1) is 6.50. The van der Waals surface area contributed by atoms with Crippen LogP contribution in [0.5, 0.6) is 0 Å². The predicted octanol–water partition coefficient (Wildman–Crippen LogP) is 1.94. The van der Waals surface area contributed by atoms with Crippen LogP contribution in [0.3, 0.4) is 0 Å². The number of carbonyl (C=O) groups is 2. The van der Waals surface area contributed by atoms with Crippen molar-refractivity contribution in [3.05, 3.63) is 0 Å². The van der Waals surface area contributed by atoms with Gasteiger partial charge in [-0.15, -0.1) is 0 Å². The van der Waals surface area contributed by atoms with E-state index in [9.17, 15) is 9.59 Å². The molecule has 0 heterocycles. The lowest BCUT2D eigenvalue weighted by Gasteiger charge is -2.32. The molecule has 0 aromatic heterocycles. The van der Waals surface area contributed by atoms with Gasteiger partial charge in [0.05, 0.1) is 5.92 Å². The molecule has 0 amide bonds. The molecule has 1 fully saturated rings. The normalized spacial score (nSPS) is 32.4. The van der Waals surface area contributed by atoms with E-state index in [4.69, 9.17) is 4.74 Å². The Morgan fingerprint density at radius 1 is 1.21 bits per heavy atom. The summed E-state index contributed by atoms with van der Waals surface area (Å²) in [7, 11) is 0. The van der Waals surface area contributed by atoms with Crippen LogP contribution in [0.4, 0.5) is 0 Å². The second-order valence-corrected chi connectivity index (χ2v) is 4.28. The standard InChI is InChI=1S/C11H18O3/c1-7-4-5-10(8(2)12)11(6-7)14-9(3)13/h7,10-11H,4-6H2,1-3H3/t7-,10+,11-/m0/s1. The average molecular weight is 198 g/mol. The van der Waals surface area contributed by atoms with Gasteiger partial charge in [0.15, 0.2) is 0 Å². The van der Waals surface area contributed by atoms with Gasteiger partial charge in [0, 0.05) is 6.92 Å². The number of ketones is 1. The van der Waals surface area contributed by atoms with Crippen LogP contribution in [0, 0.1) is 11.8 Å². The topological polar surface area (TPSA) is 43.4 Å². The van der Waals surface area contributed by atoms with Crippen molar-refractivity contribution in [3.63, 3.8) is 0 Å². The van der Waals surface area contributed by atoms with Crippen molar-refractivity contribution in [1.29, 1.82) is 0 Å². The molecule has 1 aliphatic carbocycles. The summed E-state index contributed by atoms with van der Waals surface area (Å²) in [6, 6.07) is 0. The maximum absolute atomic E-state index is 11.3. The van der Waals surface area contributed by atoms with Crippen LogP contribution in [0.25, 0.3) is 0 Å². The van der Waals surface area contributed by atoms with E-state index in [0.717, 1.165) is 19.3 Å². The van der Waals surface area contributed by atoms with Gasteiger partial charge >= 0.3 is 5.97 Å². The molecule has 0 radical (unpaired) electrons. The molecule has 0 aromatic carbocycles. The van der Waals surface area contributed by atoms with E-state index in [-0.39, 0.29) is 23.8 Å². The van der Waals surface area contributed by atoms with E-state index in [2.05, 4.69) is 6.92 Å². The number of ether oxygens (including phenoxy) is 1. The number of esters is 1. The average Bonchev–Trinajstić information content (AvgIpc) is 2.01. The molecular weight excluding hydrogens is 180 g/mol. The van der Waals surface area contributed by atoms with Gasteiger partial charge in [-0.3, -0.25) is 9.59 Å². The fourth-order valence-electron chi connectivity index (χ4n) is 2.14. The van der Waals surface area contributed by atoms with Gasteiger partial charge in [-0.25, -0.2) is 0 Å². The third-order valence-corrected chi connectivity index (χ3v) is 2.89. The van der Waals surface area contributed by atoms with E-state index in [0.29, 0.717) is 5.92 Å². The number of hydrogen-bond acceptors (Lipinski definition) is 3. The van der Waals surface area contributed by atoms with Crippen molar-refractivity contribution in [2.45, 2.75) is 46.1 Å². The van der Waals surface area contributed by atoms with Crippen molar-refractivity contribution in [3.8, 4) is 0 Å². The van der Waals surface area contributed by atoms with Gasteiger partial charge in [0.1, 0.15) is 11.9 Å². The summed E-state index contributed by atoms with van der Waals surface area (Å²) < 4.78 is 5.18. The van der Waals surface area contributed by atoms with E-state index < -0.39 is 0 Å². The summed E-state index contributed by atoms with van der Waals surface area (Å²) >= 11 is 0. The Bertz CT molecular complexity index is 235. The first-order valence-electron chi connectivity index (χ1n) is 5.18. The lowest BCUT2D eigenvalue weighted by atomic mass is 9.79. The maximum atomic E-state index is 11.3. The summed E-state index contributed by atoms with van der Waals surface area (Å²) in [6.07, 6.45) is 2.55. The molecule has 1 aliphatic rings. The number of carbonyl (C=O) groups excluding carboxylic acids is 2. The zero-order valence-corrected chi connectivity index (χ0v) is 9.08. The molecule has 0 unspecified atom stereocenters. The molecule has 3 atom stereocenters. The summed E-state index contributed by atoms with van der Waals surface area (Å²) in [6.45, 7) is 5.11. The van der Waals surface area contributed by atoms with Crippen LogP contribution in [0.15, 0.2) is 0 Å². The minimum Gasteiger partial charge on any atom is -0.462 e. The highest BCUT2D eigenvalue weighted by Crippen LogP contribution is 2.31. The van der Waals surface area contributed by atoms with Crippen molar-refractivity contribution >= 4 is 11.8 Å². The van der Waals surface area contributed by atoms with Crippen LogP contribution < -0.4 is 0 Å². The predicted molar refractivity (Wildman–Crippen MR) is 52.7 cm³/mol. The summed E-state index contributed by atoms with van der Waals surface area (Å²) in [4.78, 5) is 22.2. The lowest BCUT2D eigenvalue weighted by molar-refractivity contribution is -0.153. The van der Waals surface area contributed by atoms with Gasteiger partial charge in [-0.1, -0.05) is 6.92 Å². The minimum absolute atomic E-state index is 0.0740. The first kappa shape index (κ1) is 11.2. The molecule has 0 spiro atoms. The fraction of sp³-hybridized carbons (Fsp3) is 0.818. The zero-order valence-electron chi connectivity index (χ0n) is 9.08. The smallest absolute Gasteiger partial charge is 0.302 e. The van der Waals surface area contributed by atoms with Crippen molar-refractivity contribution in [2.75, 3.05) is 0 Å². The summed E-state index contributed by atoms with van der Waals surface area (Å²) in [5, 5.41) is 0. The van der Waals surface area contributed by atoms with Crippen molar-refractivity contribution < 1.29 is 14.3 Å². The van der Waals surface area contributed by atoms with Gasteiger partial charge in [-0.05, 0) is 32.1 Å². The highest BCUT2D eigenvalue weighted by Gasteiger charge is 2.33. The SMILES string of the molecule is CC(=O)O[C@H]1C[C@@H](C)CC[C@@H]1C(C)=O. The number of Topliss-reactive ketones (excluding diaryl/α,β-unsaturated/α-hetero) is 1. The molecule has 0 aliphatic heterocycles. The zero-order chi connectivity index (χ0) is 10.7. The molecule has 0 aromatic rings. The van der Waals surface area contributed by atoms with Crippen LogP contribution in [0.2, 0.25) is 0 Å². The molecular formula is C11H18O3. The molecule has 1 rings (SSSR count). The third-order valence-electron chi connectivity index (χ3n) is 2.89. The second kappa shape index (κ2) is 4.58. The van der Waals surface area contributed by atoms with Gasteiger partial charge in [-0.2, -0.15) is 0 Å². The van der Waals surface area contributed by atoms with Crippen molar-refractivity contribution in [1.82, 2.24) is 0 Å². The van der Waals surface area contributed by atoms with E-state index in [1.807, 2.05) is 0 Å². The summed E-state index contributed by atoms with van der Waals surface area (Å²) in [5.41, 5.74) is 0. The quantitative estimate of drug-likeness (QED) is 0.637. The van der Waals surface area contributed by atoms with Crippen molar-refractivity contribution in [2.24, 2.45) is 11.8 Å². The fourth-order valence-corrected chi connectivity index (χ4v) is 2.14. The Labute approximate surface area is 84.8 Å². The number of hydrogen-bond donors (Lipinski definition) is 0. The minimum atomic E-state index is -0.282. The van der Waals surface area contributed by atoms with Gasteiger partial charge in [0.25, 0.3) is 0 Å². The molecule has 80 valence electrons. The molecule has 0 bridgehead atoms. The third kappa shape index (κ3) is 2.82. The lowest BCUT2D eigenvalue weighted by Crippen LogP contribution is -2.36.